The molecule has 118 valence electrons. The molecule has 1 atom stereocenters. The van der Waals surface area contributed by atoms with E-state index in [4.69, 9.17) is 4.74 Å². The molecule has 0 bridgehead atoms. The van der Waals surface area contributed by atoms with Gasteiger partial charge in [0.15, 0.2) is 5.78 Å². The zero-order valence-electron chi connectivity index (χ0n) is 13.8. The molecule has 4 heteroatoms. The van der Waals surface area contributed by atoms with E-state index in [9.17, 15) is 9.59 Å². The van der Waals surface area contributed by atoms with Crippen molar-refractivity contribution in [3.8, 4) is 0 Å². The van der Waals surface area contributed by atoms with Crippen molar-refractivity contribution in [2.75, 3.05) is 0 Å². The van der Waals surface area contributed by atoms with E-state index in [2.05, 4.69) is 0 Å². The van der Waals surface area contributed by atoms with Crippen molar-refractivity contribution in [1.82, 2.24) is 4.90 Å². The second-order valence-electron chi connectivity index (χ2n) is 6.84. The Morgan fingerprint density at radius 1 is 1.18 bits per heavy atom. The molecule has 4 nitrogen and oxygen atoms in total. The standard InChI is InChI=1S/C18H23NO3/c1-12(2)16-15(20)11-14(13-9-7-6-8-10-13)19(16)17(21)22-18(3,4)5/h6-12,16H,1-5H3. The number of carbonyl (C=O) groups is 2. The number of carbonyl (C=O) groups excluding carboxylic acids is 2. The maximum Gasteiger partial charge on any atom is 0.415 e. The maximum absolute atomic E-state index is 12.6. The first-order valence-electron chi connectivity index (χ1n) is 7.54. The van der Waals surface area contributed by atoms with Crippen LogP contribution in [-0.2, 0) is 9.53 Å². The fraction of sp³-hybridized carbons (Fsp3) is 0.444. The van der Waals surface area contributed by atoms with Crippen LogP contribution >= 0.6 is 0 Å². The highest BCUT2D eigenvalue weighted by Crippen LogP contribution is 2.33. The third kappa shape index (κ3) is 3.38. The van der Waals surface area contributed by atoms with Crippen LogP contribution < -0.4 is 0 Å². The third-order valence-electron chi connectivity index (χ3n) is 3.40. The van der Waals surface area contributed by atoms with Gasteiger partial charge in [-0.25, -0.2) is 4.79 Å². The van der Waals surface area contributed by atoms with Crippen LogP contribution in [-0.4, -0.2) is 28.4 Å². The molecular formula is C18H23NO3. The average Bonchev–Trinajstić information content (AvgIpc) is 2.75. The Morgan fingerprint density at radius 2 is 1.77 bits per heavy atom. The quantitative estimate of drug-likeness (QED) is 0.833. The highest BCUT2D eigenvalue weighted by atomic mass is 16.6. The largest absolute Gasteiger partial charge is 0.443 e. The van der Waals surface area contributed by atoms with Crippen molar-refractivity contribution < 1.29 is 14.3 Å². The SMILES string of the molecule is CC(C)C1C(=O)C=C(c2ccccc2)N1C(=O)OC(C)(C)C. The van der Waals surface area contributed by atoms with Gasteiger partial charge in [0.25, 0.3) is 0 Å². The minimum absolute atomic E-state index is 0.0116. The van der Waals surface area contributed by atoms with Gasteiger partial charge < -0.3 is 4.74 Å². The topological polar surface area (TPSA) is 46.6 Å². The summed E-state index contributed by atoms with van der Waals surface area (Å²) in [4.78, 5) is 26.5. The van der Waals surface area contributed by atoms with Gasteiger partial charge >= 0.3 is 6.09 Å². The van der Waals surface area contributed by atoms with Crippen LogP contribution in [0, 0.1) is 5.92 Å². The smallest absolute Gasteiger partial charge is 0.415 e. The van der Waals surface area contributed by atoms with Crippen LogP contribution in [0.4, 0.5) is 4.79 Å². The Hall–Kier alpha value is -2.10. The number of hydrogen-bond acceptors (Lipinski definition) is 3. The van der Waals surface area contributed by atoms with E-state index < -0.39 is 17.7 Å². The Kier molecular flexibility index (Phi) is 4.40. The van der Waals surface area contributed by atoms with E-state index in [0.717, 1.165) is 5.56 Å². The van der Waals surface area contributed by atoms with Gasteiger partial charge in [0.1, 0.15) is 11.6 Å². The lowest BCUT2D eigenvalue weighted by Crippen LogP contribution is -2.44. The first-order valence-corrected chi connectivity index (χ1v) is 7.54. The summed E-state index contributed by atoms with van der Waals surface area (Å²) in [7, 11) is 0. The molecule has 1 heterocycles. The molecular weight excluding hydrogens is 278 g/mol. The summed E-state index contributed by atoms with van der Waals surface area (Å²) in [5.41, 5.74) is 0.842. The van der Waals surface area contributed by atoms with Crippen molar-refractivity contribution in [1.29, 1.82) is 0 Å². The molecule has 1 amide bonds. The van der Waals surface area contributed by atoms with Gasteiger partial charge in [-0.3, -0.25) is 9.69 Å². The lowest BCUT2D eigenvalue weighted by atomic mass is 10.0. The van der Waals surface area contributed by atoms with Crippen molar-refractivity contribution in [2.24, 2.45) is 5.92 Å². The van der Waals surface area contributed by atoms with Crippen LogP contribution in [0.2, 0.25) is 0 Å². The van der Waals surface area contributed by atoms with Crippen molar-refractivity contribution in [2.45, 2.75) is 46.3 Å². The summed E-state index contributed by atoms with van der Waals surface area (Å²) >= 11 is 0. The Bertz CT molecular complexity index is 597. The number of ketones is 1. The van der Waals surface area contributed by atoms with Gasteiger partial charge in [-0.15, -0.1) is 0 Å². The minimum atomic E-state index is -0.605. The number of hydrogen-bond donors (Lipinski definition) is 0. The zero-order valence-corrected chi connectivity index (χ0v) is 13.8. The summed E-state index contributed by atoms with van der Waals surface area (Å²) in [5, 5.41) is 0. The summed E-state index contributed by atoms with van der Waals surface area (Å²) in [6.07, 6.45) is 1.07. The van der Waals surface area contributed by atoms with Crippen molar-refractivity contribution >= 4 is 17.6 Å². The molecule has 1 unspecified atom stereocenters. The lowest BCUT2D eigenvalue weighted by Gasteiger charge is -2.31. The Morgan fingerprint density at radius 3 is 2.27 bits per heavy atom. The van der Waals surface area contributed by atoms with E-state index in [-0.39, 0.29) is 11.7 Å². The summed E-state index contributed by atoms with van der Waals surface area (Å²) in [5.74, 6) is -0.0443. The first kappa shape index (κ1) is 16.3. The second kappa shape index (κ2) is 5.95. The molecule has 1 aromatic carbocycles. The first-order chi connectivity index (χ1) is 10.2. The highest BCUT2D eigenvalue weighted by Gasteiger charge is 2.41. The lowest BCUT2D eigenvalue weighted by molar-refractivity contribution is -0.118. The molecule has 1 aromatic rings. The van der Waals surface area contributed by atoms with Crippen molar-refractivity contribution in [3.05, 3.63) is 42.0 Å². The molecule has 0 aromatic heterocycles. The normalized spacial score (nSPS) is 18.6. The van der Waals surface area contributed by atoms with Crippen LogP contribution in [0.15, 0.2) is 36.4 Å². The molecule has 1 aliphatic heterocycles. The minimum Gasteiger partial charge on any atom is -0.443 e. The monoisotopic (exact) mass is 301 g/mol. The molecule has 0 spiro atoms. The third-order valence-corrected chi connectivity index (χ3v) is 3.40. The van der Waals surface area contributed by atoms with Crippen molar-refractivity contribution in [3.63, 3.8) is 0 Å². The molecule has 2 rings (SSSR count). The number of rotatable bonds is 2. The molecule has 0 radical (unpaired) electrons. The predicted molar refractivity (Wildman–Crippen MR) is 86.1 cm³/mol. The van der Waals surface area contributed by atoms with Gasteiger partial charge in [-0.2, -0.15) is 0 Å². The highest BCUT2D eigenvalue weighted by molar-refractivity contribution is 6.09. The summed E-state index contributed by atoms with van der Waals surface area (Å²) < 4.78 is 5.50. The van der Waals surface area contributed by atoms with Gasteiger partial charge in [0.2, 0.25) is 0 Å². The molecule has 0 N–H and O–H groups in total. The molecule has 0 aliphatic carbocycles. The van der Waals surface area contributed by atoms with Gasteiger partial charge in [0.05, 0.1) is 5.70 Å². The zero-order chi connectivity index (χ0) is 16.5. The van der Waals surface area contributed by atoms with E-state index in [1.54, 1.807) is 6.08 Å². The Labute approximate surface area is 131 Å². The number of nitrogens with zero attached hydrogens (tertiary/aromatic N) is 1. The van der Waals surface area contributed by atoms with Crippen LogP contribution in [0.25, 0.3) is 5.70 Å². The molecule has 0 saturated heterocycles. The number of amides is 1. The fourth-order valence-corrected chi connectivity index (χ4v) is 2.55. The average molecular weight is 301 g/mol. The van der Waals surface area contributed by atoms with Gasteiger partial charge in [-0.1, -0.05) is 44.2 Å². The van der Waals surface area contributed by atoms with E-state index in [0.29, 0.717) is 5.70 Å². The number of ether oxygens (including phenoxy) is 1. The summed E-state index contributed by atoms with van der Waals surface area (Å²) in [6.45, 7) is 9.32. The van der Waals surface area contributed by atoms with Crippen LogP contribution in [0.5, 0.6) is 0 Å². The van der Waals surface area contributed by atoms with E-state index in [1.807, 2.05) is 65.0 Å². The fourth-order valence-electron chi connectivity index (χ4n) is 2.55. The van der Waals surface area contributed by atoms with E-state index in [1.165, 1.54) is 4.90 Å². The molecule has 0 fully saturated rings. The van der Waals surface area contributed by atoms with Crippen LogP contribution in [0.1, 0.15) is 40.2 Å². The molecule has 22 heavy (non-hydrogen) atoms. The van der Waals surface area contributed by atoms with Gasteiger partial charge in [-0.05, 0) is 32.3 Å². The predicted octanol–water partition coefficient (Wildman–Crippen LogP) is 3.87. The Balaban J connectivity index is 2.41. The molecule has 1 aliphatic rings. The van der Waals surface area contributed by atoms with E-state index >= 15 is 0 Å². The van der Waals surface area contributed by atoms with Gasteiger partial charge in [0, 0.05) is 6.08 Å². The van der Waals surface area contributed by atoms with Crippen LogP contribution in [0.3, 0.4) is 0 Å². The molecule has 0 saturated carbocycles. The maximum atomic E-state index is 12.6. The second-order valence-corrected chi connectivity index (χ2v) is 6.84. The summed E-state index contributed by atoms with van der Waals surface area (Å²) in [6, 6.07) is 8.94. The number of benzene rings is 1.